The Morgan fingerprint density at radius 3 is 2.48 bits per heavy atom. The van der Waals surface area contributed by atoms with Crippen LogP contribution in [0.4, 0.5) is 0 Å². The molecule has 1 N–H and O–H groups in total. The molecule has 0 aromatic heterocycles. The molecule has 136 valence electrons. The molecule has 0 heterocycles. The average Bonchev–Trinajstić information content (AvgIpc) is 2.58. The van der Waals surface area contributed by atoms with Gasteiger partial charge in [-0.25, -0.2) is 0 Å². The Balaban J connectivity index is 2.29. The molecular formula is C22H30BrNO. The number of carbonyl (C=O) groups excluding carboxylic acids is 1. The highest BCUT2D eigenvalue weighted by atomic mass is 79.9. The zero-order valence-corrected chi connectivity index (χ0v) is 17.1. The standard InChI is InChI=1S/C22H30BrNO/c1-4-5-15-24-16-7-10-18(2)8-6-9-19(3)17-22(25)20-11-13-21(23)14-12-20/h4,8,11-14,17,24H,1,5-7,9-10,15-16H2,2-3H3. The zero-order valence-electron chi connectivity index (χ0n) is 15.5. The quantitative estimate of drug-likeness (QED) is 0.193. The van der Waals surface area contributed by atoms with Crippen molar-refractivity contribution in [3.05, 3.63) is 70.3 Å². The molecule has 0 aliphatic heterocycles. The van der Waals surface area contributed by atoms with Crippen molar-refractivity contribution in [3.63, 3.8) is 0 Å². The number of ketones is 1. The number of carbonyl (C=O) groups is 1. The third kappa shape index (κ3) is 10.2. The molecule has 0 atom stereocenters. The Labute approximate surface area is 161 Å². The summed E-state index contributed by atoms with van der Waals surface area (Å²) in [4.78, 5) is 12.2. The summed E-state index contributed by atoms with van der Waals surface area (Å²) in [6.07, 6.45) is 11.2. The molecule has 0 saturated heterocycles. The molecule has 0 amide bonds. The molecule has 0 aliphatic carbocycles. The van der Waals surface area contributed by atoms with Crippen molar-refractivity contribution in [3.8, 4) is 0 Å². The molecule has 0 bridgehead atoms. The maximum atomic E-state index is 12.2. The third-order valence-corrected chi connectivity index (χ3v) is 4.52. The van der Waals surface area contributed by atoms with Gasteiger partial charge < -0.3 is 5.32 Å². The topological polar surface area (TPSA) is 29.1 Å². The minimum Gasteiger partial charge on any atom is -0.316 e. The summed E-state index contributed by atoms with van der Waals surface area (Å²) < 4.78 is 0.987. The highest BCUT2D eigenvalue weighted by Crippen LogP contribution is 2.14. The van der Waals surface area contributed by atoms with Gasteiger partial charge in [0.05, 0.1) is 0 Å². The van der Waals surface area contributed by atoms with Crippen LogP contribution in [0.5, 0.6) is 0 Å². The van der Waals surface area contributed by atoms with Gasteiger partial charge in [-0.05, 0) is 89.4 Å². The largest absolute Gasteiger partial charge is 0.316 e. The van der Waals surface area contributed by atoms with Gasteiger partial charge in [0, 0.05) is 10.0 Å². The van der Waals surface area contributed by atoms with E-state index >= 15 is 0 Å². The molecule has 25 heavy (non-hydrogen) atoms. The van der Waals surface area contributed by atoms with E-state index in [-0.39, 0.29) is 5.78 Å². The van der Waals surface area contributed by atoms with Crippen LogP contribution >= 0.6 is 15.9 Å². The summed E-state index contributed by atoms with van der Waals surface area (Å²) in [5.41, 5.74) is 3.29. The fourth-order valence-corrected chi connectivity index (χ4v) is 2.73. The van der Waals surface area contributed by atoms with Crippen molar-refractivity contribution >= 4 is 21.7 Å². The van der Waals surface area contributed by atoms with Crippen LogP contribution in [0.1, 0.15) is 56.3 Å². The Kier molecular flexibility index (Phi) is 11.1. The van der Waals surface area contributed by atoms with E-state index in [1.807, 2.05) is 37.3 Å². The van der Waals surface area contributed by atoms with Crippen molar-refractivity contribution in [2.75, 3.05) is 13.1 Å². The minimum absolute atomic E-state index is 0.0799. The Bertz CT molecular complexity index is 599. The van der Waals surface area contributed by atoms with Crippen molar-refractivity contribution in [1.82, 2.24) is 5.32 Å². The SMILES string of the molecule is C=CCCNCCCC(C)=CCCC(C)=CC(=O)c1ccc(Br)cc1. The van der Waals surface area contributed by atoms with E-state index in [4.69, 9.17) is 0 Å². The van der Waals surface area contributed by atoms with E-state index < -0.39 is 0 Å². The van der Waals surface area contributed by atoms with Crippen LogP contribution in [-0.4, -0.2) is 18.9 Å². The van der Waals surface area contributed by atoms with Crippen LogP contribution in [0, 0.1) is 0 Å². The minimum atomic E-state index is 0.0799. The lowest BCUT2D eigenvalue weighted by Crippen LogP contribution is -2.15. The predicted octanol–water partition coefficient (Wildman–Crippen LogP) is 6.25. The van der Waals surface area contributed by atoms with Crippen molar-refractivity contribution in [2.24, 2.45) is 0 Å². The van der Waals surface area contributed by atoms with Gasteiger partial charge in [0.1, 0.15) is 0 Å². The molecule has 3 heteroatoms. The highest BCUT2D eigenvalue weighted by molar-refractivity contribution is 9.10. The second-order valence-electron chi connectivity index (χ2n) is 6.38. The van der Waals surface area contributed by atoms with Gasteiger partial charge in [0.2, 0.25) is 0 Å². The number of rotatable bonds is 12. The highest BCUT2D eigenvalue weighted by Gasteiger charge is 2.02. The molecule has 0 fully saturated rings. The number of halogens is 1. The molecule has 1 aromatic carbocycles. The van der Waals surface area contributed by atoms with Crippen LogP contribution < -0.4 is 5.32 Å². The lowest BCUT2D eigenvalue weighted by atomic mass is 10.0. The number of hydrogen-bond donors (Lipinski definition) is 1. The van der Waals surface area contributed by atoms with Crippen LogP contribution in [0.3, 0.4) is 0 Å². The zero-order chi connectivity index (χ0) is 18.5. The van der Waals surface area contributed by atoms with Gasteiger partial charge in [-0.15, -0.1) is 6.58 Å². The fraction of sp³-hybridized carbons (Fsp3) is 0.409. The predicted molar refractivity (Wildman–Crippen MR) is 112 cm³/mol. The number of nitrogens with one attached hydrogen (secondary N) is 1. The van der Waals surface area contributed by atoms with Crippen molar-refractivity contribution in [1.29, 1.82) is 0 Å². The monoisotopic (exact) mass is 403 g/mol. The lowest BCUT2D eigenvalue weighted by molar-refractivity contribution is 0.104. The van der Waals surface area contributed by atoms with Crippen molar-refractivity contribution < 1.29 is 4.79 Å². The molecular weight excluding hydrogens is 374 g/mol. The first-order valence-electron chi connectivity index (χ1n) is 8.97. The molecule has 1 rings (SSSR count). The van der Waals surface area contributed by atoms with Gasteiger partial charge >= 0.3 is 0 Å². The molecule has 0 spiro atoms. The maximum absolute atomic E-state index is 12.2. The first-order chi connectivity index (χ1) is 12.0. The lowest BCUT2D eigenvalue weighted by Gasteiger charge is -2.04. The summed E-state index contributed by atoms with van der Waals surface area (Å²) in [5.74, 6) is 0.0799. The van der Waals surface area contributed by atoms with E-state index in [9.17, 15) is 4.79 Å². The van der Waals surface area contributed by atoms with Gasteiger partial charge in [-0.3, -0.25) is 4.79 Å². The van der Waals surface area contributed by atoms with Crippen LogP contribution in [0.2, 0.25) is 0 Å². The second kappa shape index (κ2) is 12.8. The van der Waals surface area contributed by atoms with Crippen molar-refractivity contribution in [2.45, 2.75) is 46.0 Å². The Morgan fingerprint density at radius 2 is 1.80 bits per heavy atom. The van der Waals surface area contributed by atoms with Gasteiger partial charge in [-0.2, -0.15) is 0 Å². The Hall–Kier alpha value is -1.45. The molecule has 1 aromatic rings. The maximum Gasteiger partial charge on any atom is 0.185 e. The second-order valence-corrected chi connectivity index (χ2v) is 7.30. The number of benzene rings is 1. The molecule has 0 aliphatic rings. The first kappa shape index (κ1) is 21.6. The molecule has 0 unspecified atom stereocenters. The number of hydrogen-bond acceptors (Lipinski definition) is 2. The summed E-state index contributed by atoms with van der Waals surface area (Å²) in [7, 11) is 0. The normalized spacial score (nSPS) is 12.3. The average molecular weight is 404 g/mol. The third-order valence-electron chi connectivity index (χ3n) is 3.99. The van der Waals surface area contributed by atoms with Crippen LogP contribution in [0.15, 0.2) is 64.7 Å². The summed E-state index contributed by atoms with van der Waals surface area (Å²) >= 11 is 3.39. The van der Waals surface area contributed by atoms with Crippen LogP contribution in [-0.2, 0) is 0 Å². The Morgan fingerprint density at radius 1 is 1.08 bits per heavy atom. The van der Waals surface area contributed by atoms with E-state index in [0.29, 0.717) is 0 Å². The summed E-state index contributed by atoms with van der Waals surface area (Å²) in [5, 5.41) is 3.41. The van der Waals surface area contributed by atoms with E-state index in [2.05, 4.69) is 40.8 Å². The van der Waals surface area contributed by atoms with E-state index in [1.54, 1.807) is 6.08 Å². The van der Waals surface area contributed by atoms with E-state index in [0.717, 1.165) is 60.8 Å². The first-order valence-corrected chi connectivity index (χ1v) is 9.76. The van der Waals surface area contributed by atoms with E-state index in [1.165, 1.54) is 5.57 Å². The molecule has 0 radical (unpaired) electrons. The smallest absolute Gasteiger partial charge is 0.185 e. The number of allylic oxidation sites excluding steroid dienone is 4. The van der Waals surface area contributed by atoms with Gasteiger partial charge in [0.25, 0.3) is 0 Å². The fourth-order valence-electron chi connectivity index (χ4n) is 2.46. The molecule has 2 nitrogen and oxygen atoms in total. The van der Waals surface area contributed by atoms with Crippen LogP contribution in [0.25, 0.3) is 0 Å². The summed E-state index contributed by atoms with van der Waals surface area (Å²) in [6, 6.07) is 7.50. The van der Waals surface area contributed by atoms with Gasteiger partial charge in [0.15, 0.2) is 5.78 Å². The summed E-state index contributed by atoms with van der Waals surface area (Å²) in [6.45, 7) is 10.0. The van der Waals surface area contributed by atoms with Gasteiger partial charge in [-0.1, -0.05) is 39.2 Å². The molecule has 0 saturated carbocycles.